The molecule has 0 aliphatic heterocycles. The Morgan fingerprint density at radius 3 is 2.56 bits per heavy atom. The van der Waals surface area contributed by atoms with E-state index in [0.29, 0.717) is 0 Å². The largest absolute Gasteiger partial charge is 0.329 e. The van der Waals surface area contributed by atoms with E-state index in [4.69, 9.17) is 5.26 Å². The zero-order valence-corrected chi connectivity index (χ0v) is 9.80. The van der Waals surface area contributed by atoms with E-state index in [2.05, 4.69) is 4.98 Å². The van der Waals surface area contributed by atoms with Crippen LogP contribution in [0.3, 0.4) is 0 Å². The molecule has 0 radical (unpaired) electrons. The number of nitrogens with zero attached hydrogens (tertiary/aromatic N) is 2. The van der Waals surface area contributed by atoms with E-state index in [9.17, 15) is 9.59 Å². The van der Waals surface area contributed by atoms with Crippen molar-refractivity contribution in [3.8, 4) is 6.07 Å². The third-order valence-corrected chi connectivity index (χ3v) is 2.72. The lowest BCUT2D eigenvalue weighted by molar-refractivity contribution is 0.701. The van der Waals surface area contributed by atoms with E-state index < -0.39 is 11.2 Å². The molecule has 0 aliphatic carbocycles. The van der Waals surface area contributed by atoms with Gasteiger partial charge in [-0.3, -0.25) is 14.3 Å². The topological polar surface area (TPSA) is 78.7 Å². The molecule has 1 aromatic heterocycles. The predicted molar refractivity (Wildman–Crippen MR) is 66.3 cm³/mol. The zero-order valence-electron chi connectivity index (χ0n) is 9.80. The Kier molecular flexibility index (Phi) is 3.11. The molecule has 1 N–H and O–H groups in total. The Morgan fingerprint density at radius 2 is 1.94 bits per heavy atom. The number of hydrogen-bond acceptors (Lipinski definition) is 3. The minimum atomic E-state index is -0.564. The smallest absolute Gasteiger partial charge is 0.280 e. The first-order chi connectivity index (χ1) is 8.63. The fourth-order valence-electron chi connectivity index (χ4n) is 1.73. The number of benzene rings is 1. The number of nitriles is 1. The summed E-state index contributed by atoms with van der Waals surface area (Å²) in [5, 5.41) is 9.06. The number of nitrogens with one attached hydrogen (secondary N) is 1. The van der Waals surface area contributed by atoms with Gasteiger partial charge in [0.1, 0.15) is 11.8 Å². The molecule has 0 atom stereocenters. The van der Waals surface area contributed by atoms with Gasteiger partial charge in [-0.1, -0.05) is 30.3 Å². The van der Waals surface area contributed by atoms with Crippen LogP contribution in [0.2, 0.25) is 0 Å². The summed E-state index contributed by atoms with van der Waals surface area (Å²) in [6.45, 7) is 1.79. The number of aromatic amines is 1. The summed E-state index contributed by atoms with van der Waals surface area (Å²) in [6.07, 6.45) is 0. The lowest BCUT2D eigenvalue weighted by Crippen LogP contribution is -2.34. The molecule has 90 valence electrons. The minimum Gasteiger partial charge on any atom is -0.280 e. The maximum Gasteiger partial charge on any atom is 0.329 e. The second kappa shape index (κ2) is 4.72. The SMILES string of the molecule is Cc1c(C#N)n(Cc2ccccc2)c(=O)[nH]c1=O. The Hall–Kier alpha value is -2.61. The maximum atomic E-state index is 11.7. The minimum absolute atomic E-state index is 0.104. The van der Waals surface area contributed by atoms with Gasteiger partial charge in [0, 0.05) is 5.56 Å². The monoisotopic (exact) mass is 241 g/mol. The molecule has 5 heteroatoms. The molecule has 0 fully saturated rings. The molecule has 0 unspecified atom stereocenters. The Morgan fingerprint density at radius 1 is 1.28 bits per heavy atom. The van der Waals surface area contributed by atoms with Crippen molar-refractivity contribution >= 4 is 0 Å². The first kappa shape index (κ1) is 11.9. The van der Waals surface area contributed by atoms with E-state index in [-0.39, 0.29) is 17.8 Å². The molecule has 1 aromatic carbocycles. The highest BCUT2D eigenvalue weighted by Crippen LogP contribution is 2.04. The van der Waals surface area contributed by atoms with Crippen molar-refractivity contribution in [2.75, 3.05) is 0 Å². The van der Waals surface area contributed by atoms with Gasteiger partial charge in [-0.25, -0.2) is 4.79 Å². The molecule has 0 aliphatic rings. The molecular formula is C13H11N3O2. The van der Waals surface area contributed by atoms with Crippen LogP contribution >= 0.6 is 0 Å². The number of aromatic nitrogens is 2. The van der Waals surface area contributed by atoms with Crippen LogP contribution in [-0.4, -0.2) is 9.55 Å². The zero-order chi connectivity index (χ0) is 13.1. The molecule has 2 rings (SSSR count). The summed E-state index contributed by atoms with van der Waals surface area (Å²) < 4.78 is 1.27. The quantitative estimate of drug-likeness (QED) is 0.843. The predicted octanol–water partition coefficient (Wildman–Crippen LogP) is 0.765. The molecule has 0 amide bonds. The highest BCUT2D eigenvalue weighted by molar-refractivity contribution is 5.29. The van der Waals surface area contributed by atoms with Gasteiger partial charge in [0.2, 0.25) is 0 Å². The van der Waals surface area contributed by atoms with Crippen molar-refractivity contribution in [3.05, 3.63) is 68.0 Å². The van der Waals surface area contributed by atoms with Crippen molar-refractivity contribution in [1.29, 1.82) is 5.26 Å². The van der Waals surface area contributed by atoms with Crippen molar-refractivity contribution in [2.45, 2.75) is 13.5 Å². The molecule has 0 spiro atoms. The van der Waals surface area contributed by atoms with Crippen molar-refractivity contribution in [1.82, 2.24) is 9.55 Å². The maximum absolute atomic E-state index is 11.7. The fourth-order valence-corrected chi connectivity index (χ4v) is 1.73. The summed E-state index contributed by atoms with van der Waals surface area (Å²) in [5.41, 5.74) is 0.176. The average molecular weight is 241 g/mol. The molecule has 0 bridgehead atoms. The fraction of sp³-hybridized carbons (Fsp3) is 0.154. The van der Waals surface area contributed by atoms with Gasteiger partial charge in [-0.05, 0) is 12.5 Å². The first-order valence-electron chi connectivity index (χ1n) is 5.41. The van der Waals surface area contributed by atoms with Crippen LogP contribution in [0.5, 0.6) is 0 Å². The molecule has 18 heavy (non-hydrogen) atoms. The second-order valence-electron chi connectivity index (χ2n) is 3.92. The van der Waals surface area contributed by atoms with E-state index in [0.717, 1.165) is 5.56 Å². The average Bonchev–Trinajstić information content (AvgIpc) is 2.37. The number of rotatable bonds is 2. The molecule has 0 saturated carbocycles. The van der Waals surface area contributed by atoms with Crippen LogP contribution in [0.25, 0.3) is 0 Å². The Bertz CT molecular complexity index is 721. The first-order valence-corrected chi connectivity index (χ1v) is 5.41. The second-order valence-corrected chi connectivity index (χ2v) is 3.92. The van der Waals surface area contributed by atoms with Crippen molar-refractivity contribution in [2.24, 2.45) is 0 Å². The van der Waals surface area contributed by atoms with Gasteiger partial charge >= 0.3 is 5.69 Å². The summed E-state index contributed by atoms with van der Waals surface area (Å²) in [6, 6.07) is 11.2. The van der Waals surface area contributed by atoms with Crippen molar-refractivity contribution in [3.63, 3.8) is 0 Å². The van der Waals surface area contributed by atoms with Gasteiger partial charge in [0.25, 0.3) is 5.56 Å². The standard InChI is InChI=1S/C13H11N3O2/c1-9-11(7-14)16(13(18)15-12(9)17)8-10-5-3-2-4-6-10/h2-6H,8H2,1H3,(H,15,17,18). The summed E-state index contributed by atoms with van der Waals surface area (Å²) in [7, 11) is 0. The van der Waals surface area contributed by atoms with Crippen molar-refractivity contribution < 1.29 is 0 Å². The van der Waals surface area contributed by atoms with E-state index >= 15 is 0 Å². The highest BCUT2D eigenvalue weighted by Gasteiger charge is 2.10. The van der Waals surface area contributed by atoms with E-state index in [1.54, 1.807) is 0 Å². The molecule has 1 heterocycles. The van der Waals surface area contributed by atoms with Gasteiger partial charge in [-0.2, -0.15) is 5.26 Å². The highest BCUT2D eigenvalue weighted by atomic mass is 16.2. The Balaban J connectivity index is 2.59. The van der Waals surface area contributed by atoms with E-state index in [1.165, 1.54) is 11.5 Å². The number of hydrogen-bond donors (Lipinski definition) is 1. The lowest BCUT2D eigenvalue weighted by Gasteiger charge is -2.09. The van der Waals surface area contributed by atoms with Crippen LogP contribution in [0.1, 0.15) is 16.8 Å². The summed E-state index contributed by atoms with van der Waals surface area (Å²) >= 11 is 0. The van der Waals surface area contributed by atoms with Crippen LogP contribution in [0.15, 0.2) is 39.9 Å². The van der Waals surface area contributed by atoms with E-state index in [1.807, 2.05) is 36.4 Å². The van der Waals surface area contributed by atoms with Gasteiger partial charge < -0.3 is 0 Å². The Labute approximate surface area is 103 Å². The lowest BCUT2D eigenvalue weighted by atomic mass is 10.2. The van der Waals surface area contributed by atoms with Crippen LogP contribution in [0.4, 0.5) is 0 Å². The molecule has 5 nitrogen and oxygen atoms in total. The van der Waals surface area contributed by atoms with Crippen LogP contribution < -0.4 is 11.2 Å². The summed E-state index contributed by atoms with van der Waals surface area (Å²) in [5.74, 6) is 0. The molecular weight excluding hydrogens is 230 g/mol. The molecule has 2 aromatic rings. The van der Waals surface area contributed by atoms with Gasteiger partial charge in [-0.15, -0.1) is 0 Å². The third kappa shape index (κ3) is 2.09. The normalized spacial score (nSPS) is 10.0. The molecule has 0 saturated heterocycles. The summed E-state index contributed by atoms with van der Waals surface area (Å²) in [4.78, 5) is 25.3. The third-order valence-electron chi connectivity index (χ3n) is 2.72. The number of H-pyrrole nitrogens is 1. The van der Waals surface area contributed by atoms with Gasteiger partial charge in [0.05, 0.1) is 6.54 Å². The van der Waals surface area contributed by atoms with Crippen LogP contribution in [-0.2, 0) is 6.54 Å². The van der Waals surface area contributed by atoms with Gasteiger partial charge in [0.15, 0.2) is 0 Å². The van der Waals surface area contributed by atoms with Crippen LogP contribution in [0, 0.1) is 18.3 Å².